The van der Waals surface area contributed by atoms with E-state index in [9.17, 15) is 5.11 Å². The SMILES string of the molecule is CC1CCN(c2ccccc2[C@H](C)O)CC1. The zero-order valence-electron chi connectivity index (χ0n) is 10.2. The van der Waals surface area contributed by atoms with Crippen molar-refractivity contribution in [1.29, 1.82) is 0 Å². The van der Waals surface area contributed by atoms with Crippen molar-refractivity contribution in [3.05, 3.63) is 29.8 Å². The summed E-state index contributed by atoms with van der Waals surface area (Å²) in [6.45, 7) is 6.39. The molecule has 0 aromatic heterocycles. The minimum Gasteiger partial charge on any atom is -0.389 e. The number of benzene rings is 1. The molecule has 16 heavy (non-hydrogen) atoms. The fourth-order valence-corrected chi connectivity index (χ4v) is 2.38. The van der Waals surface area contributed by atoms with Crippen LogP contribution in [0.2, 0.25) is 0 Å². The van der Waals surface area contributed by atoms with Crippen molar-refractivity contribution in [2.24, 2.45) is 5.92 Å². The third kappa shape index (κ3) is 2.38. The molecule has 0 amide bonds. The lowest BCUT2D eigenvalue weighted by atomic mass is 9.97. The molecule has 2 rings (SSSR count). The van der Waals surface area contributed by atoms with E-state index in [0.29, 0.717) is 0 Å². The Balaban J connectivity index is 2.19. The first-order valence-electron chi connectivity index (χ1n) is 6.20. The number of hydrogen-bond acceptors (Lipinski definition) is 2. The Hall–Kier alpha value is -1.02. The Labute approximate surface area is 97.9 Å². The first-order valence-corrected chi connectivity index (χ1v) is 6.20. The highest BCUT2D eigenvalue weighted by Gasteiger charge is 2.19. The number of para-hydroxylation sites is 1. The predicted molar refractivity (Wildman–Crippen MR) is 67.7 cm³/mol. The predicted octanol–water partition coefficient (Wildman–Crippen LogP) is 2.98. The summed E-state index contributed by atoms with van der Waals surface area (Å²) in [6, 6.07) is 8.20. The second-order valence-electron chi connectivity index (χ2n) is 4.90. The lowest BCUT2D eigenvalue weighted by Gasteiger charge is -2.33. The molecule has 1 atom stereocenters. The minimum atomic E-state index is -0.379. The van der Waals surface area contributed by atoms with Gasteiger partial charge in [-0.2, -0.15) is 0 Å². The van der Waals surface area contributed by atoms with Gasteiger partial charge in [0.15, 0.2) is 0 Å². The molecule has 1 aromatic rings. The van der Waals surface area contributed by atoms with Gasteiger partial charge < -0.3 is 10.0 Å². The number of anilines is 1. The average molecular weight is 219 g/mol. The van der Waals surface area contributed by atoms with E-state index in [0.717, 1.165) is 24.6 Å². The summed E-state index contributed by atoms with van der Waals surface area (Å²) >= 11 is 0. The summed E-state index contributed by atoms with van der Waals surface area (Å²) in [6.07, 6.45) is 2.14. The summed E-state index contributed by atoms with van der Waals surface area (Å²) in [7, 11) is 0. The van der Waals surface area contributed by atoms with Crippen molar-refractivity contribution >= 4 is 5.69 Å². The largest absolute Gasteiger partial charge is 0.389 e. The third-order valence-electron chi connectivity index (χ3n) is 3.51. The number of aliphatic hydroxyl groups excluding tert-OH is 1. The van der Waals surface area contributed by atoms with Gasteiger partial charge in [-0.15, -0.1) is 0 Å². The van der Waals surface area contributed by atoms with Gasteiger partial charge in [-0.05, 0) is 31.7 Å². The zero-order chi connectivity index (χ0) is 11.5. The van der Waals surface area contributed by atoms with Crippen LogP contribution in [0.15, 0.2) is 24.3 Å². The lowest BCUT2D eigenvalue weighted by Crippen LogP contribution is -2.33. The molecule has 0 unspecified atom stereocenters. The quantitative estimate of drug-likeness (QED) is 0.826. The highest BCUT2D eigenvalue weighted by molar-refractivity contribution is 5.54. The van der Waals surface area contributed by atoms with Crippen LogP contribution in [0.1, 0.15) is 38.4 Å². The molecule has 0 saturated carbocycles. The van der Waals surface area contributed by atoms with Gasteiger partial charge in [0.25, 0.3) is 0 Å². The minimum absolute atomic E-state index is 0.379. The highest BCUT2D eigenvalue weighted by atomic mass is 16.3. The molecular weight excluding hydrogens is 198 g/mol. The van der Waals surface area contributed by atoms with Crippen molar-refractivity contribution in [3.8, 4) is 0 Å². The lowest BCUT2D eigenvalue weighted by molar-refractivity contribution is 0.199. The number of nitrogens with zero attached hydrogens (tertiary/aromatic N) is 1. The summed E-state index contributed by atoms with van der Waals surface area (Å²) in [5.74, 6) is 0.843. The number of rotatable bonds is 2. The van der Waals surface area contributed by atoms with E-state index in [1.165, 1.54) is 18.5 Å². The van der Waals surface area contributed by atoms with E-state index in [1.54, 1.807) is 0 Å². The van der Waals surface area contributed by atoms with Crippen molar-refractivity contribution in [2.75, 3.05) is 18.0 Å². The van der Waals surface area contributed by atoms with Crippen molar-refractivity contribution in [2.45, 2.75) is 32.8 Å². The van der Waals surface area contributed by atoms with Crippen molar-refractivity contribution in [3.63, 3.8) is 0 Å². The van der Waals surface area contributed by atoms with E-state index in [1.807, 2.05) is 19.1 Å². The normalized spacial score (nSPS) is 19.8. The van der Waals surface area contributed by atoms with Gasteiger partial charge in [0, 0.05) is 24.3 Å². The Morgan fingerprint density at radius 2 is 1.88 bits per heavy atom. The molecule has 88 valence electrons. The van der Waals surface area contributed by atoms with Gasteiger partial charge in [-0.3, -0.25) is 0 Å². The van der Waals surface area contributed by atoms with Gasteiger partial charge in [0.05, 0.1) is 6.10 Å². The second-order valence-corrected chi connectivity index (χ2v) is 4.90. The summed E-state index contributed by atoms with van der Waals surface area (Å²) in [4.78, 5) is 2.40. The fraction of sp³-hybridized carbons (Fsp3) is 0.571. The Morgan fingerprint density at radius 1 is 1.25 bits per heavy atom. The van der Waals surface area contributed by atoms with Crippen LogP contribution in [-0.2, 0) is 0 Å². The standard InChI is InChI=1S/C14H21NO/c1-11-7-9-15(10-8-11)14-6-4-3-5-13(14)12(2)16/h3-6,11-12,16H,7-10H2,1-2H3/t12-/m0/s1. The second kappa shape index (κ2) is 4.88. The van der Waals surface area contributed by atoms with E-state index in [2.05, 4.69) is 24.0 Å². The van der Waals surface area contributed by atoms with Crippen molar-refractivity contribution in [1.82, 2.24) is 0 Å². The first kappa shape index (κ1) is 11.5. The molecule has 1 N–H and O–H groups in total. The number of hydrogen-bond donors (Lipinski definition) is 1. The van der Waals surface area contributed by atoms with Crippen LogP contribution < -0.4 is 4.90 Å². The molecule has 1 heterocycles. The van der Waals surface area contributed by atoms with E-state index in [-0.39, 0.29) is 6.10 Å². The molecule has 2 nitrogen and oxygen atoms in total. The van der Waals surface area contributed by atoms with Crippen molar-refractivity contribution < 1.29 is 5.11 Å². The highest BCUT2D eigenvalue weighted by Crippen LogP contribution is 2.29. The molecular formula is C14H21NO. The summed E-state index contributed by atoms with van der Waals surface area (Å²) in [5, 5.41) is 9.76. The maximum Gasteiger partial charge on any atom is 0.0781 e. The Kier molecular flexibility index (Phi) is 3.49. The molecule has 0 spiro atoms. The maximum atomic E-state index is 9.76. The van der Waals surface area contributed by atoms with E-state index in [4.69, 9.17) is 0 Å². The van der Waals surface area contributed by atoms with Crippen LogP contribution in [0.4, 0.5) is 5.69 Å². The Bertz CT molecular complexity index is 340. The number of piperidine rings is 1. The van der Waals surface area contributed by atoms with Gasteiger partial charge in [0.1, 0.15) is 0 Å². The van der Waals surface area contributed by atoms with Crippen LogP contribution in [-0.4, -0.2) is 18.2 Å². The van der Waals surface area contributed by atoms with Gasteiger partial charge in [-0.1, -0.05) is 25.1 Å². The van der Waals surface area contributed by atoms with E-state index < -0.39 is 0 Å². The first-order chi connectivity index (χ1) is 7.68. The molecule has 1 aliphatic rings. The van der Waals surface area contributed by atoms with Crippen LogP contribution >= 0.6 is 0 Å². The van der Waals surface area contributed by atoms with Crippen LogP contribution in [0.5, 0.6) is 0 Å². The monoisotopic (exact) mass is 219 g/mol. The number of aliphatic hydroxyl groups is 1. The summed E-state index contributed by atoms with van der Waals surface area (Å²) < 4.78 is 0. The molecule has 1 aliphatic heterocycles. The summed E-state index contributed by atoms with van der Waals surface area (Å²) in [5.41, 5.74) is 2.27. The van der Waals surface area contributed by atoms with Gasteiger partial charge >= 0.3 is 0 Å². The molecule has 0 aliphatic carbocycles. The smallest absolute Gasteiger partial charge is 0.0781 e. The molecule has 1 aromatic carbocycles. The molecule has 1 fully saturated rings. The molecule has 2 heteroatoms. The van der Waals surface area contributed by atoms with Crippen LogP contribution in [0.25, 0.3) is 0 Å². The average Bonchev–Trinajstić information content (AvgIpc) is 2.30. The van der Waals surface area contributed by atoms with E-state index >= 15 is 0 Å². The van der Waals surface area contributed by atoms with Gasteiger partial charge in [0.2, 0.25) is 0 Å². The third-order valence-corrected chi connectivity index (χ3v) is 3.51. The Morgan fingerprint density at radius 3 is 2.50 bits per heavy atom. The van der Waals surface area contributed by atoms with Crippen LogP contribution in [0, 0.1) is 5.92 Å². The molecule has 1 saturated heterocycles. The zero-order valence-corrected chi connectivity index (χ0v) is 10.2. The topological polar surface area (TPSA) is 23.5 Å². The maximum absolute atomic E-state index is 9.76. The molecule has 0 bridgehead atoms. The van der Waals surface area contributed by atoms with Crippen LogP contribution in [0.3, 0.4) is 0 Å². The fourth-order valence-electron chi connectivity index (χ4n) is 2.38. The molecule has 0 radical (unpaired) electrons. The van der Waals surface area contributed by atoms with Gasteiger partial charge in [-0.25, -0.2) is 0 Å².